The highest BCUT2D eigenvalue weighted by molar-refractivity contribution is 6.31. The molecule has 2 aliphatic heterocycles. The van der Waals surface area contributed by atoms with Gasteiger partial charge in [-0.05, 0) is 45.2 Å². The zero-order valence-corrected chi connectivity index (χ0v) is 12.8. The molecule has 1 N–H and O–H groups in total. The molecule has 2 bridgehead atoms. The first-order valence-corrected chi connectivity index (χ1v) is 7.84. The molecule has 20 heavy (non-hydrogen) atoms. The van der Waals surface area contributed by atoms with Crippen molar-refractivity contribution < 1.29 is 9.47 Å². The van der Waals surface area contributed by atoms with E-state index in [1.165, 1.54) is 19.3 Å². The van der Waals surface area contributed by atoms with Crippen molar-refractivity contribution in [2.24, 2.45) is 5.92 Å². The summed E-state index contributed by atoms with van der Waals surface area (Å²) >= 11 is 6.15. The van der Waals surface area contributed by atoms with E-state index >= 15 is 0 Å². The molecule has 1 aromatic carbocycles. The van der Waals surface area contributed by atoms with E-state index in [2.05, 4.69) is 5.32 Å². The van der Waals surface area contributed by atoms with Crippen LogP contribution >= 0.6 is 11.6 Å². The number of benzene rings is 1. The summed E-state index contributed by atoms with van der Waals surface area (Å²) in [5.41, 5.74) is 1.02. The van der Waals surface area contributed by atoms with Crippen molar-refractivity contribution >= 4 is 17.3 Å². The highest BCUT2D eigenvalue weighted by atomic mass is 35.5. The Morgan fingerprint density at radius 3 is 2.85 bits per heavy atom. The molecule has 2 aliphatic rings. The number of anilines is 1. The van der Waals surface area contributed by atoms with E-state index in [0.717, 1.165) is 18.0 Å². The van der Waals surface area contributed by atoms with E-state index < -0.39 is 0 Å². The second-order valence-electron chi connectivity index (χ2n) is 6.09. The minimum Gasteiger partial charge on any atom is -0.491 e. The van der Waals surface area contributed by atoms with Gasteiger partial charge in [0.15, 0.2) is 0 Å². The number of rotatable bonds is 5. The normalized spacial score (nSPS) is 28.1. The van der Waals surface area contributed by atoms with Gasteiger partial charge in [0.1, 0.15) is 5.75 Å². The lowest BCUT2D eigenvalue weighted by molar-refractivity contribution is 0.0941. The van der Waals surface area contributed by atoms with Crippen molar-refractivity contribution in [3.8, 4) is 5.75 Å². The monoisotopic (exact) mass is 295 g/mol. The van der Waals surface area contributed by atoms with Crippen LogP contribution in [0, 0.1) is 5.92 Å². The van der Waals surface area contributed by atoms with Crippen molar-refractivity contribution in [2.75, 3.05) is 11.9 Å². The average Bonchev–Trinajstić information content (AvgIpc) is 2.96. The molecule has 3 nitrogen and oxygen atoms in total. The predicted molar refractivity (Wildman–Crippen MR) is 81.7 cm³/mol. The van der Waals surface area contributed by atoms with E-state index in [9.17, 15) is 0 Å². The minimum absolute atomic E-state index is 0.153. The fourth-order valence-corrected chi connectivity index (χ4v) is 3.44. The summed E-state index contributed by atoms with van der Waals surface area (Å²) in [5, 5.41) is 4.19. The molecule has 4 heteroatoms. The lowest BCUT2D eigenvalue weighted by atomic mass is 9.89. The zero-order valence-electron chi connectivity index (χ0n) is 12.1. The molecule has 2 fully saturated rings. The summed E-state index contributed by atoms with van der Waals surface area (Å²) in [5.74, 6) is 1.45. The first kappa shape index (κ1) is 14.0. The Balaban J connectivity index is 1.60. The molecule has 1 aromatic rings. The Morgan fingerprint density at radius 1 is 1.35 bits per heavy atom. The fourth-order valence-electron chi connectivity index (χ4n) is 3.21. The summed E-state index contributed by atoms with van der Waals surface area (Å²) in [7, 11) is 0. The molecule has 3 rings (SSSR count). The third-order valence-electron chi connectivity index (χ3n) is 4.04. The molecule has 2 saturated heterocycles. The number of ether oxygens (including phenoxy) is 2. The molecule has 0 radical (unpaired) electrons. The Labute approximate surface area is 125 Å². The van der Waals surface area contributed by atoms with Crippen molar-refractivity contribution in [3.05, 3.63) is 23.2 Å². The maximum Gasteiger partial charge on any atom is 0.123 e. The summed E-state index contributed by atoms with van der Waals surface area (Å²) in [6.07, 6.45) is 4.76. The van der Waals surface area contributed by atoms with Crippen LogP contribution in [0.25, 0.3) is 0 Å². The zero-order chi connectivity index (χ0) is 14.1. The minimum atomic E-state index is 0.153. The average molecular weight is 296 g/mol. The molecule has 110 valence electrons. The largest absolute Gasteiger partial charge is 0.491 e. The molecule has 3 unspecified atom stereocenters. The second kappa shape index (κ2) is 5.82. The van der Waals surface area contributed by atoms with Gasteiger partial charge in [0.2, 0.25) is 0 Å². The molecule has 2 heterocycles. The Kier molecular flexibility index (Phi) is 4.08. The molecule has 0 aromatic heterocycles. The van der Waals surface area contributed by atoms with Gasteiger partial charge in [0.25, 0.3) is 0 Å². The SMILES string of the molecule is CC(C)Oc1cc(Cl)cc(NCC2CC3CCC2O3)c1. The Morgan fingerprint density at radius 2 is 2.20 bits per heavy atom. The summed E-state index contributed by atoms with van der Waals surface area (Å²) < 4.78 is 11.6. The van der Waals surface area contributed by atoms with Gasteiger partial charge in [-0.2, -0.15) is 0 Å². The van der Waals surface area contributed by atoms with E-state index in [0.29, 0.717) is 23.1 Å². The predicted octanol–water partition coefficient (Wildman–Crippen LogP) is 4.11. The van der Waals surface area contributed by atoms with Crippen molar-refractivity contribution in [1.29, 1.82) is 0 Å². The van der Waals surface area contributed by atoms with Crippen LogP contribution in [-0.4, -0.2) is 24.9 Å². The third-order valence-corrected chi connectivity index (χ3v) is 4.26. The molecular weight excluding hydrogens is 274 g/mol. The molecule has 3 atom stereocenters. The molecule has 0 aliphatic carbocycles. The second-order valence-corrected chi connectivity index (χ2v) is 6.53. The van der Waals surface area contributed by atoms with Gasteiger partial charge in [-0.25, -0.2) is 0 Å². The van der Waals surface area contributed by atoms with Gasteiger partial charge in [0, 0.05) is 29.2 Å². The van der Waals surface area contributed by atoms with Crippen molar-refractivity contribution in [1.82, 2.24) is 0 Å². The van der Waals surface area contributed by atoms with Crippen LogP contribution in [0.15, 0.2) is 18.2 Å². The number of hydrogen-bond acceptors (Lipinski definition) is 3. The lowest BCUT2D eigenvalue weighted by Crippen LogP contribution is -2.24. The van der Waals surface area contributed by atoms with Gasteiger partial charge in [-0.1, -0.05) is 11.6 Å². The Bertz CT molecular complexity index is 478. The topological polar surface area (TPSA) is 30.5 Å². The van der Waals surface area contributed by atoms with Gasteiger partial charge in [-0.3, -0.25) is 0 Å². The first-order chi connectivity index (χ1) is 9.60. The quantitative estimate of drug-likeness (QED) is 0.887. The van der Waals surface area contributed by atoms with Gasteiger partial charge < -0.3 is 14.8 Å². The van der Waals surface area contributed by atoms with E-state index in [1.54, 1.807) is 0 Å². The number of hydrogen-bond donors (Lipinski definition) is 1. The Hall–Kier alpha value is -0.930. The van der Waals surface area contributed by atoms with Crippen LogP contribution < -0.4 is 10.1 Å². The molecule has 0 saturated carbocycles. The number of nitrogens with one attached hydrogen (secondary N) is 1. The number of fused-ring (bicyclic) bond motifs is 2. The van der Waals surface area contributed by atoms with Gasteiger partial charge in [0.05, 0.1) is 18.3 Å². The smallest absolute Gasteiger partial charge is 0.123 e. The highest BCUT2D eigenvalue weighted by Gasteiger charge is 2.40. The molecule has 0 amide bonds. The highest BCUT2D eigenvalue weighted by Crippen LogP contribution is 2.38. The maximum absolute atomic E-state index is 6.15. The molecular formula is C16H22ClNO2. The first-order valence-electron chi connectivity index (χ1n) is 7.47. The van der Waals surface area contributed by atoms with Crippen LogP contribution in [0.4, 0.5) is 5.69 Å². The van der Waals surface area contributed by atoms with E-state index in [-0.39, 0.29) is 6.10 Å². The standard InChI is InChI=1S/C16H22ClNO2/c1-10(2)19-15-7-12(17)6-13(8-15)18-9-11-5-14-3-4-16(11)20-14/h6-8,10-11,14,16,18H,3-5,9H2,1-2H3. The van der Waals surface area contributed by atoms with Crippen molar-refractivity contribution in [2.45, 2.75) is 51.4 Å². The van der Waals surface area contributed by atoms with E-state index in [1.807, 2.05) is 32.0 Å². The van der Waals surface area contributed by atoms with Gasteiger partial charge in [-0.15, -0.1) is 0 Å². The van der Waals surface area contributed by atoms with Crippen LogP contribution in [0.1, 0.15) is 33.1 Å². The summed E-state index contributed by atoms with van der Waals surface area (Å²) in [6, 6.07) is 5.82. The third kappa shape index (κ3) is 3.21. The van der Waals surface area contributed by atoms with E-state index in [4.69, 9.17) is 21.1 Å². The van der Waals surface area contributed by atoms with Crippen LogP contribution in [-0.2, 0) is 4.74 Å². The van der Waals surface area contributed by atoms with Crippen molar-refractivity contribution in [3.63, 3.8) is 0 Å². The summed E-state index contributed by atoms with van der Waals surface area (Å²) in [4.78, 5) is 0. The summed E-state index contributed by atoms with van der Waals surface area (Å²) in [6.45, 7) is 4.98. The number of halogens is 1. The van der Waals surface area contributed by atoms with Crippen LogP contribution in [0.5, 0.6) is 5.75 Å². The van der Waals surface area contributed by atoms with Crippen LogP contribution in [0.2, 0.25) is 5.02 Å². The lowest BCUT2D eigenvalue weighted by Gasteiger charge is -2.20. The van der Waals surface area contributed by atoms with Gasteiger partial charge >= 0.3 is 0 Å². The van der Waals surface area contributed by atoms with Crippen LogP contribution in [0.3, 0.4) is 0 Å². The maximum atomic E-state index is 6.15. The molecule has 0 spiro atoms. The fraction of sp³-hybridized carbons (Fsp3) is 0.625.